The number of hydrogen-bond donors (Lipinski definition) is 1. The average molecular weight is 405 g/mol. The maximum Gasteiger partial charge on any atom is 0.408 e. The smallest absolute Gasteiger partial charge is 0.408 e. The van der Waals surface area contributed by atoms with E-state index in [9.17, 15) is 14.4 Å². The number of ether oxygens (including phenoxy) is 2. The van der Waals surface area contributed by atoms with Crippen LogP contribution in [0.3, 0.4) is 0 Å². The van der Waals surface area contributed by atoms with Crippen LogP contribution in [0.1, 0.15) is 44.5 Å². The monoisotopic (exact) mass is 405 g/mol. The number of alkyl carbamates (subject to hydrolysis) is 1. The van der Waals surface area contributed by atoms with Crippen LogP contribution in [0, 0.1) is 0 Å². The summed E-state index contributed by atoms with van der Waals surface area (Å²) in [6.07, 6.45) is 0.0346. The van der Waals surface area contributed by atoms with Crippen molar-refractivity contribution >= 4 is 17.9 Å². The van der Waals surface area contributed by atoms with E-state index in [1.54, 1.807) is 55.7 Å². The Morgan fingerprint density at radius 1 is 1.03 bits per heavy atom. The molecule has 0 radical (unpaired) electrons. The first-order valence-corrected chi connectivity index (χ1v) is 9.83. The summed E-state index contributed by atoms with van der Waals surface area (Å²) in [6.45, 7) is 8.82. The van der Waals surface area contributed by atoms with Gasteiger partial charge in [-0.25, -0.2) is 4.79 Å². The Morgan fingerprint density at radius 2 is 1.66 bits per heavy atom. The van der Waals surface area contributed by atoms with Crippen molar-refractivity contribution in [2.45, 2.75) is 45.8 Å². The molecule has 0 unspecified atom stereocenters. The molecule has 0 bridgehead atoms. The fraction of sp³-hybridized carbons (Fsp3) is 0.571. The molecule has 2 rings (SSSR count). The highest BCUT2D eigenvalue weighted by atomic mass is 16.6. The van der Waals surface area contributed by atoms with Gasteiger partial charge in [0.25, 0.3) is 5.91 Å². The summed E-state index contributed by atoms with van der Waals surface area (Å²) in [7, 11) is 1.54. The van der Waals surface area contributed by atoms with E-state index in [-0.39, 0.29) is 11.8 Å². The van der Waals surface area contributed by atoms with E-state index < -0.39 is 17.7 Å². The molecule has 0 spiro atoms. The van der Waals surface area contributed by atoms with Crippen LogP contribution in [0.25, 0.3) is 0 Å². The highest BCUT2D eigenvalue weighted by molar-refractivity contribution is 5.97. The van der Waals surface area contributed by atoms with Crippen molar-refractivity contribution in [3.05, 3.63) is 29.8 Å². The van der Waals surface area contributed by atoms with Gasteiger partial charge in [-0.15, -0.1) is 0 Å². The lowest BCUT2D eigenvalue weighted by molar-refractivity contribution is -0.132. The van der Waals surface area contributed by atoms with Gasteiger partial charge in [0.05, 0.1) is 12.7 Å². The van der Waals surface area contributed by atoms with Crippen molar-refractivity contribution in [2.75, 3.05) is 33.3 Å². The van der Waals surface area contributed by atoms with Crippen molar-refractivity contribution in [1.29, 1.82) is 0 Å². The van der Waals surface area contributed by atoms with Gasteiger partial charge in [-0.1, -0.05) is 12.1 Å². The van der Waals surface area contributed by atoms with Gasteiger partial charge in [0, 0.05) is 26.2 Å². The van der Waals surface area contributed by atoms with Crippen molar-refractivity contribution in [2.24, 2.45) is 0 Å². The fourth-order valence-electron chi connectivity index (χ4n) is 3.15. The summed E-state index contributed by atoms with van der Waals surface area (Å²) in [6, 6.07) is 6.40. The van der Waals surface area contributed by atoms with Gasteiger partial charge in [-0.2, -0.15) is 0 Å². The first kappa shape index (κ1) is 22.5. The van der Waals surface area contributed by atoms with E-state index in [0.29, 0.717) is 43.9 Å². The van der Waals surface area contributed by atoms with E-state index in [1.807, 2.05) is 6.07 Å². The molecule has 0 aliphatic carbocycles. The van der Waals surface area contributed by atoms with Crippen LogP contribution in [0.15, 0.2) is 24.3 Å². The Hall–Kier alpha value is -2.77. The lowest BCUT2D eigenvalue weighted by atomic mass is 10.1. The molecule has 3 amide bonds. The molecule has 29 heavy (non-hydrogen) atoms. The van der Waals surface area contributed by atoms with Gasteiger partial charge in [-0.05, 0) is 46.2 Å². The van der Waals surface area contributed by atoms with Crippen LogP contribution in [0.2, 0.25) is 0 Å². The summed E-state index contributed by atoms with van der Waals surface area (Å²) >= 11 is 0. The molecule has 1 N–H and O–H groups in total. The second kappa shape index (κ2) is 9.62. The molecule has 1 aromatic rings. The second-order valence-corrected chi connectivity index (χ2v) is 8.04. The topological polar surface area (TPSA) is 88.2 Å². The van der Waals surface area contributed by atoms with E-state index in [4.69, 9.17) is 9.47 Å². The summed E-state index contributed by atoms with van der Waals surface area (Å²) in [5.74, 6) is 0.226. The number of carbonyl (C=O) groups is 3. The number of para-hydroxylation sites is 1. The molecule has 1 saturated heterocycles. The van der Waals surface area contributed by atoms with E-state index in [1.165, 1.54) is 7.11 Å². The van der Waals surface area contributed by atoms with Crippen LogP contribution in [0.5, 0.6) is 5.75 Å². The van der Waals surface area contributed by atoms with Gasteiger partial charge in [0.2, 0.25) is 5.91 Å². The van der Waals surface area contributed by atoms with Gasteiger partial charge in [-0.3, -0.25) is 9.59 Å². The minimum absolute atomic E-state index is 0.114. The molecule has 1 aliphatic rings. The molecular formula is C21H31N3O5. The van der Waals surface area contributed by atoms with Gasteiger partial charge in [0.15, 0.2) is 0 Å². The Labute approximate surface area is 172 Å². The molecule has 1 aliphatic heterocycles. The molecule has 8 nitrogen and oxygen atoms in total. The molecular weight excluding hydrogens is 374 g/mol. The zero-order valence-electron chi connectivity index (χ0n) is 17.9. The number of benzene rings is 1. The highest BCUT2D eigenvalue weighted by Gasteiger charge is 2.28. The Kier molecular flexibility index (Phi) is 7.47. The Morgan fingerprint density at radius 3 is 2.31 bits per heavy atom. The molecule has 0 saturated carbocycles. The number of nitrogens with zero attached hydrogens (tertiary/aromatic N) is 2. The SMILES string of the molecule is COc1ccccc1C(=O)N1CCCN(C(=O)[C@@H](C)NC(=O)OC(C)(C)C)CC1. The van der Waals surface area contributed by atoms with Crippen LogP contribution in [-0.2, 0) is 9.53 Å². The first-order valence-electron chi connectivity index (χ1n) is 9.83. The number of amides is 3. The number of methoxy groups -OCH3 is 1. The molecule has 1 fully saturated rings. The zero-order valence-corrected chi connectivity index (χ0v) is 17.9. The predicted octanol–water partition coefficient (Wildman–Crippen LogP) is 2.28. The van der Waals surface area contributed by atoms with E-state index >= 15 is 0 Å². The van der Waals surface area contributed by atoms with Gasteiger partial charge < -0.3 is 24.6 Å². The van der Waals surface area contributed by atoms with Crippen LogP contribution >= 0.6 is 0 Å². The maximum atomic E-state index is 12.9. The largest absolute Gasteiger partial charge is 0.496 e. The molecule has 160 valence electrons. The first-order chi connectivity index (χ1) is 13.6. The lowest BCUT2D eigenvalue weighted by Gasteiger charge is -2.26. The Bertz CT molecular complexity index is 744. The second-order valence-electron chi connectivity index (χ2n) is 8.04. The molecule has 1 atom stereocenters. The highest BCUT2D eigenvalue weighted by Crippen LogP contribution is 2.20. The minimum atomic E-state index is -0.707. The summed E-state index contributed by atoms with van der Waals surface area (Å²) in [4.78, 5) is 40.9. The fourth-order valence-corrected chi connectivity index (χ4v) is 3.15. The minimum Gasteiger partial charge on any atom is -0.496 e. The van der Waals surface area contributed by atoms with Crippen molar-refractivity contribution in [3.63, 3.8) is 0 Å². The molecule has 1 aromatic carbocycles. The van der Waals surface area contributed by atoms with Gasteiger partial charge >= 0.3 is 6.09 Å². The average Bonchev–Trinajstić information content (AvgIpc) is 2.91. The van der Waals surface area contributed by atoms with Crippen molar-refractivity contribution in [3.8, 4) is 5.75 Å². The van der Waals surface area contributed by atoms with Crippen LogP contribution in [-0.4, -0.2) is 72.6 Å². The summed E-state index contributed by atoms with van der Waals surface area (Å²) in [5.41, 5.74) is -0.121. The van der Waals surface area contributed by atoms with Crippen molar-refractivity contribution in [1.82, 2.24) is 15.1 Å². The normalized spacial score (nSPS) is 15.9. The standard InChI is InChI=1S/C21H31N3O5/c1-15(22-20(27)29-21(2,3)4)18(25)23-11-8-12-24(14-13-23)19(26)16-9-6-7-10-17(16)28-5/h6-7,9-10,15H,8,11-14H2,1-5H3,(H,22,27)/t15-/m1/s1. The Balaban J connectivity index is 1.96. The predicted molar refractivity (Wildman–Crippen MR) is 109 cm³/mol. The third-order valence-electron chi connectivity index (χ3n) is 4.54. The van der Waals surface area contributed by atoms with Crippen molar-refractivity contribution < 1.29 is 23.9 Å². The quantitative estimate of drug-likeness (QED) is 0.830. The number of nitrogens with one attached hydrogen (secondary N) is 1. The van der Waals surface area contributed by atoms with Crippen LogP contribution < -0.4 is 10.1 Å². The summed E-state index contributed by atoms with van der Waals surface area (Å²) in [5, 5.41) is 2.58. The lowest BCUT2D eigenvalue weighted by Crippen LogP contribution is -2.49. The number of carbonyl (C=O) groups excluding carboxylic acids is 3. The molecule has 8 heteroatoms. The van der Waals surface area contributed by atoms with Crippen LogP contribution in [0.4, 0.5) is 4.79 Å². The number of rotatable bonds is 4. The molecule has 1 heterocycles. The van der Waals surface area contributed by atoms with E-state index in [0.717, 1.165) is 0 Å². The third-order valence-corrected chi connectivity index (χ3v) is 4.54. The summed E-state index contributed by atoms with van der Waals surface area (Å²) < 4.78 is 10.5. The van der Waals surface area contributed by atoms with Gasteiger partial charge in [0.1, 0.15) is 17.4 Å². The third kappa shape index (κ3) is 6.37. The van der Waals surface area contributed by atoms with E-state index in [2.05, 4.69) is 5.32 Å². The maximum absolute atomic E-state index is 12.9. The zero-order chi connectivity index (χ0) is 21.6. The number of hydrogen-bond acceptors (Lipinski definition) is 5. The molecule has 0 aromatic heterocycles.